The molecular weight excluding hydrogens is 402 g/mol. The number of nitrogens with one attached hydrogen (secondary N) is 2. The molecule has 2 atom stereocenters. The zero-order valence-corrected chi connectivity index (χ0v) is 14.4. The molecule has 0 saturated carbocycles. The van der Waals surface area contributed by atoms with E-state index >= 15 is 0 Å². The minimum absolute atomic E-state index is 0.233. The van der Waals surface area contributed by atoms with Gasteiger partial charge in [0.25, 0.3) is 0 Å². The lowest BCUT2D eigenvalue weighted by molar-refractivity contribution is -0.139. The minimum Gasteiger partial charge on any atom is -0.343 e. The molecule has 27 heavy (non-hydrogen) atoms. The lowest BCUT2D eigenvalue weighted by Crippen LogP contribution is -2.35. The monoisotopic (exact) mass is 416 g/mol. The van der Waals surface area contributed by atoms with Crippen molar-refractivity contribution in [1.29, 1.82) is 0 Å². The van der Waals surface area contributed by atoms with Gasteiger partial charge in [-0.1, -0.05) is 17.6 Å². The number of alkyl halides is 6. The summed E-state index contributed by atoms with van der Waals surface area (Å²) >= 11 is 5.72. The van der Waals surface area contributed by atoms with Crippen molar-refractivity contribution in [3.63, 3.8) is 0 Å². The molecule has 0 radical (unpaired) electrons. The van der Waals surface area contributed by atoms with Crippen LogP contribution in [0.3, 0.4) is 0 Å². The molecule has 2 N–H and O–H groups in total. The Morgan fingerprint density at radius 1 is 0.926 bits per heavy atom. The first-order valence-corrected chi connectivity index (χ1v) is 7.63. The van der Waals surface area contributed by atoms with Crippen LogP contribution in [0.1, 0.15) is 16.6 Å². The van der Waals surface area contributed by atoms with Crippen molar-refractivity contribution in [2.45, 2.75) is 38.3 Å². The quantitative estimate of drug-likeness (QED) is 0.558. The van der Waals surface area contributed by atoms with E-state index in [4.69, 9.17) is 14.3 Å². The van der Waals surface area contributed by atoms with Crippen LogP contribution in [0.5, 0.6) is 0 Å². The zero-order chi connectivity index (χ0) is 22.1. The van der Waals surface area contributed by atoms with Gasteiger partial charge in [0.15, 0.2) is 5.82 Å². The van der Waals surface area contributed by atoms with Gasteiger partial charge in [-0.3, -0.25) is 0 Å². The molecule has 0 fully saturated rings. The Bertz CT molecular complexity index is 831. The van der Waals surface area contributed by atoms with E-state index in [1.165, 1.54) is 0 Å². The third-order valence-corrected chi connectivity index (χ3v) is 3.32. The molecule has 2 unspecified atom stereocenters. The van der Waals surface area contributed by atoms with E-state index in [0.717, 1.165) is 19.9 Å². The van der Waals surface area contributed by atoms with Gasteiger partial charge < -0.3 is 10.6 Å². The van der Waals surface area contributed by atoms with Gasteiger partial charge in [-0.05, 0) is 26.0 Å². The van der Waals surface area contributed by atoms with Crippen molar-refractivity contribution >= 4 is 23.5 Å². The largest absolute Gasteiger partial charge is 0.408 e. The van der Waals surface area contributed by atoms with Gasteiger partial charge in [0.05, 0.1) is 2.74 Å². The van der Waals surface area contributed by atoms with Crippen LogP contribution in [0.4, 0.5) is 38.2 Å². The summed E-state index contributed by atoms with van der Waals surface area (Å²) in [5, 5.41) is 3.45. The molecule has 2 aromatic rings. The Balaban J connectivity index is 2.52. The van der Waals surface area contributed by atoms with E-state index in [-0.39, 0.29) is 5.69 Å². The molecule has 2 rings (SSSR count). The van der Waals surface area contributed by atoms with E-state index in [0.29, 0.717) is 0 Å². The molecule has 0 amide bonds. The smallest absolute Gasteiger partial charge is 0.343 e. The second-order valence-corrected chi connectivity index (χ2v) is 5.68. The van der Waals surface area contributed by atoms with Crippen molar-refractivity contribution in [2.75, 3.05) is 10.6 Å². The number of aromatic nitrogens is 4. The second-order valence-electron chi connectivity index (χ2n) is 5.32. The molecule has 2 aromatic heterocycles. The number of rotatable bonds is 5. The molecule has 148 valence electrons. The molecule has 0 bridgehead atoms. The van der Waals surface area contributed by atoms with Crippen LogP contribution in [0.15, 0.2) is 18.2 Å². The fourth-order valence-electron chi connectivity index (χ4n) is 1.62. The van der Waals surface area contributed by atoms with Crippen molar-refractivity contribution in [3.05, 3.63) is 23.3 Å². The van der Waals surface area contributed by atoms with Gasteiger partial charge in [-0.25, -0.2) is 4.98 Å². The number of halogens is 7. The van der Waals surface area contributed by atoms with Gasteiger partial charge in [0, 0.05) is 0 Å². The number of pyridine rings is 1. The average molecular weight is 417 g/mol. The Morgan fingerprint density at radius 2 is 1.41 bits per heavy atom. The third-order valence-electron chi connectivity index (χ3n) is 3.14. The lowest BCUT2D eigenvalue weighted by atomic mass is 10.3. The highest BCUT2D eigenvalue weighted by atomic mass is 35.5. The molecule has 0 aliphatic rings. The molecule has 0 aliphatic heterocycles. The molecule has 0 aliphatic carbocycles. The van der Waals surface area contributed by atoms with E-state index in [2.05, 4.69) is 19.9 Å². The number of hydrogen-bond donors (Lipinski definition) is 2. The first kappa shape index (κ1) is 18.0. The van der Waals surface area contributed by atoms with Crippen LogP contribution >= 0.6 is 11.6 Å². The molecule has 6 nitrogen and oxygen atoms in total. The topological polar surface area (TPSA) is 75.6 Å². The third kappa shape index (κ3) is 5.81. The van der Waals surface area contributed by atoms with Crippen LogP contribution in [0.2, 0.25) is 5.15 Å². The average Bonchev–Trinajstić information content (AvgIpc) is 2.57. The predicted molar refractivity (Wildman–Crippen MR) is 86.3 cm³/mol. The Hall–Kier alpha value is -2.37. The fourth-order valence-corrected chi connectivity index (χ4v) is 1.76. The van der Waals surface area contributed by atoms with Crippen molar-refractivity contribution in [2.24, 2.45) is 0 Å². The number of nitrogens with zero attached hydrogens (tertiary/aromatic N) is 4. The van der Waals surface area contributed by atoms with Crippen LogP contribution in [-0.4, -0.2) is 44.4 Å². The van der Waals surface area contributed by atoms with E-state index in [1.54, 1.807) is 0 Å². The minimum atomic E-state index is -4.68. The Labute approximate surface area is 157 Å². The Kier molecular flexibility index (Phi) is 5.14. The summed E-state index contributed by atoms with van der Waals surface area (Å²) in [5.74, 6) is -1.78. The maximum absolute atomic E-state index is 12.8. The molecule has 0 saturated heterocycles. The first-order valence-electron chi connectivity index (χ1n) is 8.25. The highest BCUT2D eigenvalue weighted by Crippen LogP contribution is 2.26. The second kappa shape index (κ2) is 7.71. The van der Waals surface area contributed by atoms with E-state index in [9.17, 15) is 26.3 Å². The van der Waals surface area contributed by atoms with E-state index in [1.807, 2.05) is 10.6 Å². The van der Waals surface area contributed by atoms with Crippen LogP contribution in [-0.2, 0) is 0 Å². The molecule has 13 heteroatoms. The molecule has 0 aromatic carbocycles. The number of hydrogen-bond acceptors (Lipinski definition) is 6. The summed E-state index contributed by atoms with van der Waals surface area (Å²) in [5.41, 5.74) is -0.233. The maximum atomic E-state index is 12.8. The fraction of sp³-hybridized carbons (Fsp3) is 0.429. The van der Waals surface area contributed by atoms with Gasteiger partial charge >= 0.3 is 12.4 Å². The van der Waals surface area contributed by atoms with Crippen molar-refractivity contribution in [1.82, 2.24) is 19.9 Å². The summed E-state index contributed by atoms with van der Waals surface area (Å²) in [4.78, 5) is 14.7. The number of anilines is 2. The van der Waals surface area contributed by atoms with Gasteiger partial charge in [0.1, 0.15) is 22.9 Å². The van der Waals surface area contributed by atoms with Gasteiger partial charge in [0.2, 0.25) is 11.9 Å². The molecule has 0 spiro atoms. The highest BCUT2D eigenvalue weighted by Gasteiger charge is 2.38. The summed E-state index contributed by atoms with van der Waals surface area (Å²) in [6.45, 7) is 1.53. The highest BCUT2D eigenvalue weighted by molar-refractivity contribution is 6.29. The maximum Gasteiger partial charge on any atom is 0.408 e. The summed E-state index contributed by atoms with van der Waals surface area (Å²) in [6, 6.07) is -4.05. The van der Waals surface area contributed by atoms with Crippen molar-refractivity contribution in [3.8, 4) is 11.5 Å². The van der Waals surface area contributed by atoms with Crippen LogP contribution in [0, 0.1) is 0 Å². The first-order chi connectivity index (χ1) is 13.2. The molecular formula is C14H13ClF6N6. The summed E-state index contributed by atoms with van der Waals surface area (Å²) in [6.07, 6.45) is -9.36. The van der Waals surface area contributed by atoms with Gasteiger partial charge in [-0.2, -0.15) is 41.3 Å². The standard InChI is InChI=1S/C14H13ClF6N6/c1-6(13(16,17)18)22-11-25-10(8-4-3-5-9(15)24-8)26-12(27-11)23-7(2)14(19,20)21/h3-7H,1-2H3,(H2,22,23,25,26,27)/i3D,5D. The molecule has 2 heterocycles. The SMILES string of the molecule is [2H]c1cc(-c2nc(NC(C)C(F)(F)F)nc(NC(C)C(F)(F)F)n2)nc(Cl)c1[2H]. The van der Waals surface area contributed by atoms with Gasteiger partial charge in [-0.15, -0.1) is 0 Å². The zero-order valence-electron chi connectivity index (χ0n) is 15.7. The summed E-state index contributed by atoms with van der Waals surface area (Å²) < 4.78 is 91.9. The van der Waals surface area contributed by atoms with Crippen molar-refractivity contribution < 1.29 is 29.1 Å². The van der Waals surface area contributed by atoms with Crippen LogP contribution in [0.25, 0.3) is 11.5 Å². The predicted octanol–water partition coefficient (Wildman–Crippen LogP) is 4.31. The van der Waals surface area contributed by atoms with Crippen LogP contribution < -0.4 is 10.6 Å². The lowest BCUT2D eigenvalue weighted by Gasteiger charge is -2.20. The Morgan fingerprint density at radius 3 is 1.81 bits per heavy atom. The normalized spacial score (nSPS) is 15.6. The van der Waals surface area contributed by atoms with E-state index < -0.39 is 59.4 Å². The summed E-state index contributed by atoms with van der Waals surface area (Å²) in [7, 11) is 0.